The maximum Gasteiger partial charge on any atom is 0.481 e. The van der Waals surface area contributed by atoms with Crippen LogP contribution in [0, 0.1) is 51.8 Å². The van der Waals surface area contributed by atoms with Crippen LogP contribution in [-0.2, 0) is 55.5 Å². The number of nitrogens with two attached hydrogens (primary N) is 1. The lowest BCUT2D eigenvalue weighted by molar-refractivity contribution is -0.170. The number of nitrogen functional groups attached to an aromatic ring is 1. The summed E-state index contributed by atoms with van der Waals surface area (Å²) in [4.78, 5) is 102. The van der Waals surface area contributed by atoms with E-state index >= 15 is 0 Å². The fourth-order valence-electron chi connectivity index (χ4n) is 12.9. The molecular formula is C45H72N7O19P3S. The maximum absolute atomic E-state index is 13.0. The monoisotopic (exact) mass is 1140 g/mol. The summed E-state index contributed by atoms with van der Waals surface area (Å²) < 4.78 is 62.7. The van der Waals surface area contributed by atoms with Crippen LogP contribution in [-0.4, -0.2) is 140 Å². The minimum atomic E-state index is -5.60. The summed E-state index contributed by atoms with van der Waals surface area (Å²) in [6, 6.07) is 0. The van der Waals surface area contributed by atoms with Crippen LogP contribution in [0.25, 0.3) is 11.2 Å². The lowest BCUT2D eigenvalue weighted by atomic mass is 9.44. The number of hydrogen-bond acceptors (Lipinski definition) is 20. The third-order valence-electron chi connectivity index (χ3n) is 16.9. The molecule has 4 aliphatic carbocycles. The lowest BCUT2D eigenvalue weighted by Gasteiger charge is -2.62. The molecule has 2 aromatic rings. The number of rotatable bonds is 23. The summed E-state index contributed by atoms with van der Waals surface area (Å²) in [5, 5.41) is 38.7. The van der Waals surface area contributed by atoms with Crippen LogP contribution < -0.4 is 16.4 Å². The van der Waals surface area contributed by atoms with Crippen molar-refractivity contribution in [3.05, 3.63) is 12.7 Å². The number of aromatic nitrogens is 4. The standard InChI is InChI=1S/C45H72N7O19P3S/c1-24(28-9-10-29-27-8-7-25-18-26(53)12-14-44(25,4)30(27)19-32(54)45(28,29)5)6-11-34(56)75-17-16-47-33(55)13-15-48-41(59)38(58)43(2,3)21-68-74(65,66)71-73(63,64)67-20-31-37(70-72(60,61)62)36(57)42(69-31)52-23-51-35-39(46)49-22-50-40(35)52/h22-25,27-32,36-38,42,54,57-58H,6-21H2,1-5H3,(H,47,55)(H,48,59)(H,63,64)(H,65,66)(H2,46,49,50)(H2,60,61,62)/t24-,25-,27+,28-,29+,30+,31-,32+,36-,37-,38+,42-,44+,45-/m1/s1. The molecule has 3 heterocycles. The molecule has 422 valence electrons. The molecule has 16 atom stereocenters. The summed E-state index contributed by atoms with van der Waals surface area (Å²) in [5.41, 5.74) is 4.16. The van der Waals surface area contributed by atoms with E-state index in [-0.39, 0.29) is 58.4 Å². The topological polar surface area (TPSA) is 401 Å². The molecular weight excluding hydrogens is 1070 g/mol. The van der Waals surface area contributed by atoms with Crippen molar-refractivity contribution in [3.8, 4) is 0 Å². The number of nitrogens with one attached hydrogen (secondary N) is 2. The second-order valence-electron chi connectivity index (χ2n) is 22.0. The van der Waals surface area contributed by atoms with Gasteiger partial charge in [-0.1, -0.05) is 46.4 Å². The first kappa shape index (κ1) is 59.8. The van der Waals surface area contributed by atoms with Gasteiger partial charge in [-0.3, -0.25) is 37.3 Å². The van der Waals surface area contributed by atoms with Gasteiger partial charge in [0.2, 0.25) is 11.8 Å². The summed E-state index contributed by atoms with van der Waals surface area (Å²) in [6.45, 7) is 7.30. The fraction of sp³-hybridized carbons (Fsp3) is 0.800. The minimum absolute atomic E-state index is 0.00933. The van der Waals surface area contributed by atoms with Gasteiger partial charge in [0.25, 0.3) is 0 Å². The van der Waals surface area contributed by atoms with E-state index in [1.54, 1.807) is 0 Å². The van der Waals surface area contributed by atoms with Gasteiger partial charge in [-0.25, -0.2) is 28.6 Å². The Hall–Kier alpha value is -2.81. The van der Waals surface area contributed by atoms with Gasteiger partial charge >= 0.3 is 23.5 Å². The number of phosphoric acid groups is 3. The number of fused-ring (bicyclic) bond motifs is 6. The van der Waals surface area contributed by atoms with Crippen LogP contribution in [0.3, 0.4) is 0 Å². The highest BCUT2D eigenvalue weighted by atomic mass is 32.2. The smallest absolute Gasteiger partial charge is 0.393 e. The molecule has 4 saturated carbocycles. The van der Waals surface area contributed by atoms with Crippen LogP contribution in [0.1, 0.15) is 111 Å². The van der Waals surface area contributed by atoms with E-state index in [9.17, 15) is 67.8 Å². The van der Waals surface area contributed by atoms with Crippen molar-refractivity contribution in [1.82, 2.24) is 30.2 Å². The van der Waals surface area contributed by atoms with Crippen molar-refractivity contribution >= 4 is 74.9 Å². The lowest BCUT2D eigenvalue weighted by Crippen LogP contribution is -2.58. The number of ketones is 1. The van der Waals surface area contributed by atoms with Crippen molar-refractivity contribution in [2.45, 2.75) is 142 Å². The number of nitrogens with zero attached hydrogens (tertiary/aromatic N) is 4. The van der Waals surface area contributed by atoms with Gasteiger partial charge in [-0.05, 0) is 91.3 Å². The van der Waals surface area contributed by atoms with E-state index in [0.29, 0.717) is 66.8 Å². The first-order valence-electron chi connectivity index (χ1n) is 25.2. The number of thioether (sulfide) groups is 1. The molecule has 26 nitrogen and oxygen atoms in total. The van der Waals surface area contributed by atoms with E-state index < -0.39 is 90.7 Å². The second kappa shape index (κ2) is 23.5. The Bertz CT molecular complexity index is 2580. The molecule has 11 N–H and O–H groups in total. The van der Waals surface area contributed by atoms with Crippen LogP contribution >= 0.6 is 35.2 Å². The zero-order valence-corrected chi connectivity index (χ0v) is 46.0. The molecule has 2 unspecified atom stereocenters. The normalized spacial score (nSPS) is 33.4. The first-order valence-corrected chi connectivity index (χ1v) is 30.7. The van der Waals surface area contributed by atoms with Gasteiger partial charge in [0.15, 0.2) is 22.8 Å². The van der Waals surface area contributed by atoms with Crippen LogP contribution in [0.15, 0.2) is 12.7 Å². The van der Waals surface area contributed by atoms with Crippen molar-refractivity contribution in [3.63, 3.8) is 0 Å². The molecule has 7 rings (SSSR count). The number of hydrogen-bond donors (Lipinski definition) is 10. The number of aliphatic hydroxyl groups excluding tert-OH is 3. The molecule has 2 amide bonds. The highest BCUT2D eigenvalue weighted by Gasteiger charge is 2.64. The highest BCUT2D eigenvalue weighted by Crippen LogP contribution is 2.68. The van der Waals surface area contributed by atoms with Crippen molar-refractivity contribution in [2.24, 2.45) is 51.8 Å². The molecule has 5 aliphatic rings. The Labute approximate surface area is 438 Å². The van der Waals surface area contributed by atoms with Crippen molar-refractivity contribution in [2.75, 3.05) is 37.8 Å². The number of anilines is 1. The van der Waals surface area contributed by atoms with Crippen LogP contribution in [0.4, 0.5) is 5.82 Å². The Kier molecular flexibility index (Phi) is 18.7. The Morgan fingerprint density at radius 3 is 2.43 bits per heavy atom. The number of amides is 2. The molecule has 1 saturated heterocycles. The molecule has 1 aliphatic heterocycles. The SMILES string of the molecule is C[C@H](CCC(=O)SCCNC(=O)CCNC(=O)[C@H](O)C(C)(C)COP(=O)(O)OP(=O)(O)OC[C@H]1O[C@@H](n2cnc3c(N)ncnc32)[C@H](O)[C@@H]1OP(=O)(O)O)[C@H]1CC[C@H]2[C@@H]3CC[C@@H]4CC(=O)CC[C@]4(C)[C@H]3C[C@H](O)[C@]12C. The summed E-state index contributed by atoms with van der Waals surface area (Å²) in [6.07, 6.45) is 1.00. The van der Waals surface area contributed by atoms with E-state index in [0.717, 1.165) is 67.5 Å². The number of Topliss-reactive ketones (excluding diaryl/α,β-unsaturated/α-hetero) is 1. The van der Waals surface area contributed by atoms with Gasteiger partial charge in [-0.15, -0.1) is 0 Å². The number of imidazole rings is 1. The molecule has 0 radical (unpaired) electrons. The average Bonchev–Trinajstić information content (AvgIpc) is 4.01. The fourth-order valence-corrected chi connectivity index (χ4v) is 16.4. The predicted octanol–water partition coefficient (Wildman–Crippen LogP) is 3.28. The number of ether oxygens (including phenoxy) is 1. The van der Waals surface area contributed by atoms with Crippen LogP contribution in [0.5, 0.6) is 0 Å². The number of phosphoric ester groups is 3. The molecule has 0 aromatic carbocycles. The van der Waals surface area contributed by atoms with Crippen molar-refractivity contribution < 1.29 is 90.4 Å². The Balaban J connectivity index is 0.780. The van der Waals surface area contributed by atoms with Gasteiger partial charge in [0.1, 0.15) is 42.0 Å². The highest BCUT2D eigenvalue weighted by molar-refractivity contribution is 8.13. The summed E-state index contributed by atoms with van der Waals surface area (Å²) >= 11 is 1.13. The zero-order chi connectivity index (χ0) is 55.1. The molecule has 0 bridgehead atoms. The third-order valence-corrected chi connectivity index (χ3v) is 20.9. The summed E-state index contributed by atoms with van der Waals surface area (Å²) in [7, 11) is -16.5. The van der Waals surface area contributed by atoms with Gasteiger partial charge in [0, 0.05) is 49.9 Å². The van der Waals surface area contributed by atoms with Gasteiger partial charge in [0.05, 0.1) is 25.6 Å². The quantitative estimate of drug-likeness (QED) is 0.0564. The van der Waals surface area contributed by atoms with E-state index in [1.807, 2.05) is 0 Å². The van der Waals surface area contributed by atoms with E-state index in [2.05, 4.69) is 55.2 Å². The second-order valence-corrected chi connectivity index (χ2v) is 27.4. The molecule has 2 aromatic heterocycles. The minimum Gasteiger partial charge on any atom is -0.393 e. The third kappa shape index (κ3) is 13.6. The zero-order valence-electron chi connectivity index (χ0n) is 42.5. The van der Waals surface area contributed by atoms with E-state index in [1.165, 1.54) is 13.8 Å². The number of carbonyl (C=O) groups is 4. The van der Waals surface area contributed by atoms with Crippen LogP contribution in [0.2, 0.25) is 0 Å². The van der Waals surface area contributed by atoms with Gasteiger partial charge < -0.3 is 56.0 Å². The van der Waals surface area contributed by atoms with Crippen molar-refractivity contribution in [1.29, 1.82) is 0 Å². The Morgan fingerprint density at radius 2 is 1.71 bits per heavy atom. The Morgan fingerprint density at radius 1 is 0.987 bits per heavy atom. The molecule has 5 fully saturated rings. The maximum atomic E-state index is 13.0. The largest absolute Gasteiger partial charge is 0.481 e. The van der Waals surface area contributed by atoms with Gasteiger partial charge in [-0.2, -0.15) is 4.31 Å². The first-order chi connectivity index (χ1) is 35.0. The molecule has 30 heteroatoms. The molecule has 75 heavy (non-hydrogen) atoms. The number of aliphatic hydroxyl groups is 3. The average molecular weight is 1140 g/mol. The summed E-state index contributed by atoms with van der Waals surface area (Å²) in [5.74, 6) is 1.62. The molecule has 0 spiro atoms. The predicted molar refractivity (Wildman–Crippen MR) is 267 cm³/mol. The van der Waals surface area contributed by atoms with E-state index in [4.69, 9.17) is 19.5 Å². The number of carbonyl (C=O) groups excluding carboxylic acids is 4.